The molecule has 4 rings (SSSR count). The summed E-state index contributed by atoms with van der Waals surface area (Å²) < 4.78 is 6.39. The fourth-order valence-electron chi connectivity index (χ4n) is 3.58. The number of aryl methyl sites for hydroxylation is 1. The Bertz CT molecular complexity index is 1070. The van der Waals surface area contributed by atoms with Gasteiger partial charge in [-0.15, -0.1) is 10.2 Å². The number of ether oxygens (including phenoxy) is 1. The number of para-hydroxylation sites is 1. The summed E-state index contributed by atoms with van der Waals surface area (Å²) in [6, 6.07) is 15.7. The third kappa shape index (κ3) is 4.56. The first-order valence-corrected chi connectivity index (χ1v) is 11.6. The van der Waals surface area contributed by atoms with E-state index >= 15 is 0 Å². The summed E-state index contributed by atoms with van der Waals surface area (Å²) in [5, 5.41) is 9.38. The molecule has 1 aliphatic rings. The van der Waals surface area contributed by atoms with Gasteiger partial charge in [0.15, 0.2) is 5.69 Å². The highest BCUT2D eigenvalue weighted by atomic mass is 32.2. The van der Waals surface area contributed by atoms with Crippen LogP contribution in [-0.4, -0.2) is 26.8 Å². The molecule has 0 fully saturated rings. The van der Waals surface area contributed by atoms with Crippen molar-refractivity contribution in [2.45, 2.75) is 51.4 Å². The molecule has 0 radical (unpaired) electrons. The molecule has 0 aliphatic carbocycles. The monoisotopic (exact) mass is 434 g/mol. The van der Waals surface area contributed by atoms with Crippen molar-refractivity contribution in [3.05, 3.63) is 59.7 Å². The Kier molecular flexibility index (Phi) is 6.51. The van der Waals surface area contributed by atoms with Crippen LogP contribution in [0.15, 0.2) is 53.7 Å². The highest BCUT2D eigenvalue weighted by Crippen LogP contribution is 2.43. The minimum Gasteiger partial charge on any atom is -0.447 e. The number of carbonyl (C=O) groups is 1. The zero-order valence-corrected chi connectivity index (χ0v) is 18.9. The first kappa shape index (κ1) is 21.3. The van der Waals surface area contributed by atoms with Gasteiger partial charge < -0.3 is 4.74 Å². The van der Waals surface area contributed by atoms with E-state index in [-0.39, 0.29) is 5.91 Å². The molecule has 2 aromatic carbocycles. The molecule has 3 aromatic rings. The SMILES string of the molecule is CCCCCSc1nnc2c(n1)OC(c1ccc(C)cc1)N(C(C)=O)c1ccccc1-2. The van der Waals surface area contributed by atoms with E-state index < -0.39 is 6.23 Å². The van der Waals surface area contributed by atoms with Crippen LogP contribution in [-0.2, 0) is 4.79 Å². The number of hydrogen-bond acceptors (Lipinski definition) is 6. The quantitative estimate of drug-likeness (QED) is 0.373. The third-order valence-corrected chi connectivity index (χ3v) is 6.12. The van der Waals surface area contributed by atoms with Gasteiger partial charge in [0.1, 0.15) is 0 Å². The van der Waals surface area contributed by atoms with Crippen LogP contribution in [0, 0.1) is 6.92 Å². The van der Waals surface area contributed by atoms with E-state index in [9.17, 15) is 4.79 Å². The summed E-state index contributed by atoms with van der Waals surface area (Å²) in [5.74, 6) is 1.22. The van der Waals surface area contributed by atoms with Crippen LogP contribution in [0.5, 0.6) is 5.88 Å². The summed E-state index contributed by atoms with van der Waals surface area (Å²) in [7, 11) is 0. The number of nitrogens with zero attached hydrogens (tertiary/aromatic N) is 4. The Labute approximate surface area is 187 Å². The molecule has 0 N–H and O–H groups in total. The van der Waals surface area contributed by atoms with E-state index in [1.165, 1.54) is 12.8 Å². The lowest BCUT2D eigenvalue weighted by Gasteiger charge is -2.29. The summed E-state index contributed by atoms with van der Waals surface area (Å²) in [4.78, 5) is 19.1. The summed E-state index contributed by atoms with van der Waals surface area (Å²) in [5.41, 5.74) is 4.08. The second kappa shape index (κ2) is 9.47. The Hall–Kier alpha value is -2.93. The standard InChI is InChI=1S/C24H26N4O2S/c1-4-5-8-15-31-24-25-22-21(26-27-24)19-9-6-7-10-20(19)28(17(3)29)23(30-22)18-13-11-16(2)12-14-18/h6-7,9-14,23H,4-5,8,15H2,1-3H3. The molecule has 1 aromatic heterocycles. The molecular weight excluding hydrogens is 408 g/mol. The lowest BCUT2D eigenvalue weighted by Crippen LogP contribution is -2.36. The second-order valence-electron chi connectivity index (χ2n) is 7.59. The fraction of sp³-hybridized carbons (Fsp3) is 0.333. The minimum atomic E-state index is -0.643. The maximum Gasteiger partial charge on any atom is 0.247 e. The topological polar surface area (TPSA) is 68.2 Å². The van der Waals surface area contributed by atoms with Crippen LogP contribution in [0.1, 0.15) is 50.5 Å². The number of hydrogen-bond donors (Lipinski definition) is 0. The first-order chi connectivity index (χ1) is 15.1. The number of rotatable bonds is 6. The van der Waals surface area contributed by atoms with Gasteiger partial charge in [-0.25, -0.2) is 0 Å². The molecule has 0 bridgehead atoms. The maximum atomic E-state index is 12.8. The first-order valence-electron chi connectivity index (χ1n) is 10.6. The number of carbonyl (C=O) groups excluding carboxylic acids is 1. The van der Waals surface area contributed by atoms with Crippen LogP contribution in [0.25, 0.3) is 11.3 Å². The van der Waals surface area contributed by atoms with Gasteiger partial charge in [0.25, 0.3) is 0 Å². The number of aromatic nitrogens is 3. The smallest absolute Gasteiger partial charge is 0.247 e. The molecular formula is C24H26N4O2S. The number of unbranched alkanes of at least 4 members (excludes halogenated alkanes) is 2. The zero-order chi connectivity index (χ0) is 21.8. The predicted molar refractivity (Wildman–Crippen MR) is 123 cm³/mol. The molecule has 7 heteroatoms. The van der Waals surface area contributed by atoms with Crippen LogP contribution < -0.4 is 9.64 Å². The molecule has 1 amide bonds. The highest BCUT2D eigenvalue weighted by Gasteiger charge is 2.34. The third-order valence-electron chi connectivity index (χ3n) is 5.19. The highest BCUT2D eigenvalue weighted by molar-refractivity contribution is 7.99. The van der Waals surface area contributed by atoms with Gasteiger partial charge in [0.2, 0.25) is 23.2 Å². The van der Waals surface area contributed by atoms with Crippen molar-refractivity contribution in [1.82, 2.24) is 15.2 Å². The van der Waals surface area contributed by atoms with E-state index in [0.29, 0.717) is 16.7 Å². The predicted octanol–water partition coefficient (Wildman–Crippen LogP) is 5.57. The summed E-state index contributed by atoms with van der Waals surface area (Å²) >= 11 is 1.58. The average molecular weight is 435 g/mol. The van der Waals surface area contributed by atoms with Gasteiger partial charge in [-0.2, -0.15) is 4.98 Å². The molecule has 1 unspecified atom stereocenters. The lowest BCUT2D eigenvalue weighted by molar-refractivity contribution is -0.118. The zero-order valence-electron chi connectivity index (χ0n) is 18.0. The molecule has 2 heterocycles. The van der Waals surface area contributed by atoms with E-state index in [4.69, 9.17) is 4.74 Å². The van der Waals surface area contributed by atoms with E-state index in [0.717, 1.165) is 34.6 Å². The average Bonchev–Trinajstić information content (AvgIpc) is 2.91. The van der Waals surface area contributed by atoms with Gasteiger partial charge in [-0.05, 0) is 19.4 Å². The van der Waals surface area contributed by atoms with Crippen LogP contribution >= 0.6 is 11.8 Å². The molecule has 31 heavy (non-hydrogen) atoms. The number of anilines is 1. The largest absolute Gasteiger partial charge is 0.447 e. The van der Waals surface area contributed by atoms with Crippen LogP contribution in [0.2, 0.25) is 0 Å². The maximum absolute atomic E-state index is 12.8. The molecule has 6 nitrogen and oxygen atoms in total. The van der Waals surface area contributed by atoms with Gasteiger partial charge in [-0.3, -0.25) is 9.69 Å². The van der Waals surface area contributed by atoms with Gasteiger partial charge in [0, 0.05) is 23.8 Å². The number of amides is 1. The normalized spacial score (nSPS) is 14.9. The summed E-state index contributed by atoms with van der Waals surface area (Å²) in [6.07, 6.45) is 2.81. The van der Waals surface area contributed by atoms with Crippen molar-refractivity contribution in [2.24, 2.45) is 0 Å². The fourth-order valence-corrected chi connectivity index (χ4v) is 4.35. The van der Waals surface area contributed by atoms with E-state index in [1.807, 2.05) is 55.5 Å². The molecule has 1 atom stereocenters. The van der Waals surface area contributed by atoms with Crippen molar-refractivity contribution < 1.29 is 9.53 Å². The molecule has 0 saturated carbocycles. The van der Waals surface area contributed by atoms with Gasteiger partial charge in [-0.1, -0.05) is 79.6 Å². The van der Waals surface area contributed by atoms with E-state index in [2.05, 4.69) is 22.1 Å². The van der Waals surface area contributed by atoms with Crippen molar-refractivity contribution in [3.8, 4) is 17.1 Å². The van der Waals surface area contributed by atoms with Crippen molar-refractivity contribution in [2.75, 3.05) is 10.7 Å². The van der Waals surface area contributed by atoms with Gasteiger partial charge in [0.05, 0.1) is 5.69 Å². The Morgan fingerprint density at radius 1 is 1.10 bits per heavy atom. The number of benzene rings is 2. The molecule has 0 spiro atoms. The summed E-state index contributed by atoms with van der Waals surface area (Å²) in [6.45, 7) is 5.76. The van der Waals surface area contributed by atoms with Crippen LogP contribution in [0.4, 0.5) is 5.69 Å². The van der Waals surface area contributed by atoms with Crippen LogP contribution in [0.3, 0.4) is 0 Å². The Balaban J connectivity index is 1.79. The van der Waals surface area contributed by atoms with E-state index in [1.54, 1.807) is 23.6 Å². The van der Waals surface area contributed by atoms with Crippen molar-refractivity contribution >= 4 is 23.4 Å². The molecule has 0 saturated heterocycles. The molecule has 160 valence electrons. The Morgan fingerprint density at radius 3 is 2.61 bits per heavy atom. The minimum absolute atomic E-state index is 0.118. The van der Waals surface area contributed by atoms with Crippen molar-refractivity contribution in [1.29, 1.82) is 0 Å². The Morgan fingerprint density at radius 2 is 1.87 bits per heavy atom. The van der Waals surface area contributed by atoms with Crippen molar-refractivity contribution in [3.63, 3.8) is 0 Å². The van der Waals surface area contributed by atoms with Gasteiger partial charge >= 0.3 is 0 Å². The number of thioether (sulfide) groups is 1. The lowest BCUT2D eigenvalue weighted by atomic mass is 10.1. The molecule has 1 aliphatic heterocycles. The number of fused-ring (bicyclic) bond motifs is 3. The second-order valence-corrected chi connectivity index (χ2v) is 8.65.